The van der Waals surface area contributed by atoms with Gasteiger partial charge in [-0.25, -0.2) is 9.00 Å². The molecule has 0 saturated carbocycles. The summed E-state index contributed by atoms with van der Waals surface area (Å²) >= 11 is -2.29. The Labute approximate surface area is 108 Å². The zero-order valence-corrected chi connectivity index (χ0v) is 11.0. The molecule has 0 amide bonds. The Balaban J connectivity index is 3.46. The lowest BCUT2D eigenvalue weighted by atomic mass is 9.97. The Hall–Kier alpha value is -1.66. The molecule has 0 saturated heterocycles. The van der Waals surface area contributed by atoms with E-state index in [4.69, 9.17) is 5.11 Å². The monoisotopic (exact) mass is 269 g/mol. The second kappa shape index (κ2) is 5.79. The molecule has 1 aliphatic heterocycles. The smallest absolute Gasteiger partial charge is 0.333 e. The van der Waals surface area contributed by atoms with Crippen LogP contribution in [0.4, 0.5) is 0 Å². The summed E-state index contributed by atoms with van der Waals surface area (Å²) in [6.45, 7) is 6.84. The van der Waals surface area contributed by atoms with Crippen LogP contribution >= 0.6 is 0 Å². The molecule has 0 fully saturated rings. The maximum absolute atomic E-state index is 11.4. The molecule has 2 N–H and O–H groups in total. The van der Waals surface area contributed by atoms with E-state index in [0.29, 0.717) is 11.3 Å². The van der Waals surface area contributed by atoms with Crippen molar-refractivity contribution in [3.63, 3.8) is 0 Å². The van der Waals surface area contributed by atoms with Gasteiger partial charge in [0.25, 0.3) is 11.3 Å². The highest BCUT2D eigenvalue weighted by Gasteiger charge is 2.33. The van der Waals surface area contributed by atoms with Crippen molar-refractivity contribution in [2.24, 2.45) is 0 Å². The third kappa shape index (κ3) is 2.60. The van der Waals surface area contributed by atoms with Gasteiger partial charge in [-0.2, -0.15) is 0 Å². The van der Waals surface area contributed by atoms with Crippen LogP contribution in [0.5, 0.6) is 0 Å². The van der Waals surface area contributed by atoms with Crippen LogP contribution in [0.2, 0.25) is 0 Å². The summed E-state index contributed by atoms with van der Waals surface area (Å²) in [5.74, 6) is -1.11. The predicted molar refractivity (Wildman–Crippen MR) is 69.8 cm³/mol. The molecule has 2 atom stereocenters. The fourth-order valence-corrected chi connectivity index (χ4v) is 2.60. The maximum Gasteiger partial charge on any atom is 0.333 e. The van der Waals surface area contributed by atoms with E-state index >= 15 is 0 Å². The Morgan fingerprint density at radius 2 is 2.22 bits per heavy atom. The Morgan fingerprint density at radius 3 is 2.61 bits per heavy atom. The summed E-state index contributed by atoms with van der Waals surface area (Å²) in [5, 5.41) is 9.11. The number of allylic oxidation sites excluding steroid dienone is 4. The van der Waals surface area contributed by atoms with Crippen molar-refractivity contribution in [3.8, 4) is 0 Å². The van der Waals surface area contributed by atoms with Crippen LogP contribution in [0, 0.1) is 0 Å². The first-order valence-electron chi connectivity index (χ1n) is 5.28. The highest BCUT2D eigenvalue weighted by molar-refractivity contribution is 7.76. The van der Waals surface area contributed by atoms with Gasteiger partial charge in [-0.15, -0.1) is 0 Å². The van der Waals surface area contributed by atoms with E-state index in [1.807, 2.05) is 0 Å². The third-order valence-corrected chi connectivity index (χ3v) is 3.48. The first-order chi connectivity index (χ1) is 8.43. The SMILES string of the molecule is C=C/C=C1/C=C(C(=O)O)[C@@H](C)N(S(=O)O)/C1=C/C. The Morgan fingerprint density at radius 1 is 1.61 bits per heavy atom. The van der Waals surface area contributed by atoms with E-state index in [1.54, 1.807) is 26.0 Å². The fourth-order valence-electron chi connectivity index (χ4n) is 1.84. The van der Waals surface area contributed by atoms with Crippen molar-refractivity contribution < 1.29 is 18.7 Å². The minimum atomic E-state index is -2.29. The number of carboxylic acids is 1. The summed E-state index contributed by atoms with van der Waals surface area (Å²) in [5.41, 5.74) is 1.12. The maximum atomic E-state index is 11.4. The van der Waals surface area contributed by atoms with Gasteiger partial charge < -0.3 is 5.11 Å². The average molecular weight is 269 g/mol. The van der Waals surface area contributed by atoms with Gasteiger partial charge in [0.15, 0.2) is 0 Å². The highest BCUT2D eigenvalue weighted by atomic mass is 32.2. The van der Waals surface area contributed by atoms with E-state index in [0.717, 1.165) is 4.31 Å². The quantitative estimate of drug-likeness (QED) is 0.766. The Kier molecular flexibility index (Phi) is 4.63. The molecule has 0 radical (unpaired) electrons. The van der Waals surface area contributed by atoms with E-state index in [-0.39, 0.29) is 5.57 Å². The molecule has 0 bridgehead atoms. The van der Waals surface area contributed by atoms with Crippen LogP contribution in [-0.4, -0.2) is 30.2 Å². The standard InChI is InChI=1S/C12H15NO4S/c1-4-6-9-7-10(12(14)15)8(3)13(18(16)17)11(9)5-2/h4-8H,1H2,2-3H3,(H,14,15)(H,16,17)/b9-6-,11-5+/t8-/m1/s1. The zero-order chi connectivity index (χ0) is 13.9. The minimum absolute atomic E-state index is 0.0658. The molecule has 0 aromatic rings. The van der Waals surface area contributed by atoms with E-state index < -0.39 is 23.3 Å². The summed E-state index contributed by atoms with van der Waals surface area (Å²) < 4.78 is 21.8. The molecule has 1 rings (SSSR count). The first kappa shape index (κ1) is 14.4. The van der Waals surface area contributed by atoms with Crippen LogP contribution in [0.25, 0.3) is 0 Å². The lowest BCUT2D eigenvalue weighted by Gasteiger charge is -2.34. The van der Waals surface area contributed by atoms with Crippen LogP contribution < -0.4 is 0 Å². The number of nitrogens with zero attached hydrogens (tertiary/aromatic N) is 1. The van der Waals surface area contributed by atoms with Gasteiger partial charge in [-0.3, -0.25) is 8.86 Å². The number of carboxylic acid groups (broad SMARTS) is 1. The normalized spacial score (nSPS) is 26.1. The first-order valence-corrected chi connectivity index (χ1v) is 6.34. The second-order valence-electron chi connectivity index (χ2n) is 3.67. The van der Waals surface area contributed by atoms with Crippen molar-refractivity contribution in [1.82, 2.24) is 4.31 Å². The number of hydrogen-bond acceptors (Lipinski definition) is 2. The lowest BCUT2D eigenvalue weighted by Crippen LogP contribution is -2.40. The Bertz CT molecular complexity index is 490. The predicted octanol–water partition coefficient (Wildman–Crippen LogP) is 1.85. The van der Waals surface area contributed by atoms with Crippen LogP contribution in [0.3, 0.4) is 0 Å². The molecule has 1 unspecified atom stereocenters. The largest absolute Gasteiger partial charge is 0.478 e. The second-order valence-corrected chi connectivity index (χ2v) is 4.52. The van der Waals surface area contributed by atoms with Gasteiger partial charge in [0.05, 0.1) is 17.3 Å². The molecular weight excluding hydrogens is 254 g/mol. The van der Waals surface area contributed by atoms with Crippen LogP contribution in [0.15, 0.2) is 47.7 Å². The zero-order valence-electron chi connectivity index (χ0n) is 10.2. The topological polar surface area (TPSA) is 77.8 Å². The van der Waals surface area contributed by atoms with Gasteiger partial charge in [0, 0.05) is 0 Å². The number of hydrogen-bond donors (Lipinski definition) is 2. The molecule has 98 valence electrons. The third-order valence-electron chi connectivity index (χ3n) is 2.63. The number of rotatable bonds is 3. The molecule has 0 aromatic carbocycles. The molecule has 1 heterocycles. The van der Waals surface area contributed by atoms with E-state index in [1.165, 1.54) is 12.2 Å². The molecular formula is C12H15NO4S. The van der Waals surface area contributed by atoms with Crippen molar-refractivity contribution >= 4 is 17.2 Å². The van der Waals surface area contributed by atoms with Gasteiger partial charge in [-0.05, 0) is 25.5 Å². The summed E-state index contributed by atoms with van der Waals surface area (Å²) in [6.07, 6.45) is 6.26. The molecule has 18 heavy (non-hydrogen) atoms. The minimum Gasteiger partial charge on any atom is -0.478 e. The number of aliphatic carboxylic acids is 1. The van der Waals surface area contributed by atoms with Gasteiger partial charge >= 0.3 is 5.97 Å². The van der Waals surface area contributed by atoms with Crippen molar-refractivity contribution in [3.05, 3.63) is 47.7 Å². The highest BCUT2D eigenvalue weighted by Crippen LogP contribution is 2.31. The van der Waals surface area contributed by atoms with Crippen molar-refractivity contribution in [1.29, 1.82) is 0 Å². The van der Waals surface area contributed by atoms with Gasteiger partial charge in [0.1, 0.15) is 0 Å². The summed E-state index contributed by atoms with van der Waals surface area (Å²) in [6, 6.07) is -0.679. The summed E-state index contributed by atoms with van der Waals surface area (Å²) in [7, 11) is 0. The van der Waals surface area contributed by atoms with Crippen LogP contribution in [0.1, 0.15) is 13.8 Å². The van der Waals surface area contributed by atoms with Crippen molar-refractivity contribution in [2.45, 2.75) is 19.9 Å². The number of carbonyl (C=O) groups is 1. The summed E-state index contributed by atoms with van der Waals surface area (Å²) in [4.78, 5) is 11.1. The molecule has 5 nitrogen and oxygen atoms in total. The molecule has 0 aromatic heterocycles. The molecule has 0 spiro atoms. The van der Waals surface area contributed by atoms with Crippen molar-refractivity contribution in [2.75, 3.05) is 0 Å². The van der Waals surface area contributed by atoms with Crippen LogP contribution in [-0.2, 0) is 16.1 Å². The average Bonchev–Trinajstić information content (AvgIpc) is 2.29. The molecule has 1 aliphatic rings. The molecule has 0 aliphatic carbocycles. The van der Waals surface area contributed by atoms with E-state index in [2.05, 4.69) is 6.58 Å². The fraction of sp³-hybridized carbons (Fsp3) is 0.250. The van der Waals surface area contributed by atoms with Gasteiger partial charge in [-0.1, -0.05) is 24.8 Å². The van der Waals surface area contributed by atoms with E-state index in [9.17, 15) is 13.6 Å². The lowest BCUT2D eigenvalue weighted by molar-refractivity contribution is -0.133. The van der Waals surface area contributed by atoms with Gasteiger partial charge in [0.2, 0.25) is 0 Å². The molecule has 6 heteroatoms.